The first-order valence-electron chi connectivity index (χ1n) is 7.27. The van der Waals surface area contributed by atoms with Crippen LogP contribution in [0, 0.1) is 11.6 Å². The van der Waals surface area contributed by atoms with E-state index in [2.05, 4.69) is 0 Å². The molecule has 0 heterocycles. The minimum Gasteiger partial charge on any atom is -0.296 e. The molecule has 20 heavy (non-hydrogen) atoms. The summed E-state index contributed by atoms with van der Waals surface area (Å²) in [6.45, 7) is 0.0719. The molecule has 4 heteroatoms. The van der Waals surface area contributed by atoms with Crippen molar-refractivity contribution < 1.29 is 13.6 Å². The van der Waals surface area contributed by atoms with Crippen molar-refractivity contribution in [2.24, 2.45) is 0 Å². The van der Waals surface area contributed by atoms with Crippen molar-refractivity contribution >= 4 is 5.78 Å². The smallest absolute Gasteiger partial charge is 0.182 e. The first-order valence-corrected chi connectivity index (χ1v) is 7.27. The van der Waals surface area contributed by atoms with Crippen LogP contribution in [0.1, 0.15) is 48.9 Å². The molecule has 0 saturated heterocycles. The van der Waals surface area contributed by atoms with Gasteiger partial charge in [-0.2, -0.15) is 0 Å². The number of carbonyl (C=O) groups is 1. The SMILES string of the molecule is CN(CC(=O)c1c(F)cccc1F)C1CCCCCC1. The Morgan fingerprint density at radius 3 is 2.25 bits per heavy atom. The van der Waals surface area contributed by atoms with Crippen LogP contribution in [0.25, 0.3) is 0 Å². The maximum atomic E-state index is 13.6. The first kappa shape index (κ1) is 15.1. The Bertz CT molecular complexity index is 447. The lowest BCUT2D eigenvalue weighted by atomic mass is 10.1. The lowest BCUT2D eigenvalue weighted by molar-refractivity contribution is 0.0903. The van der Waals surface area contributed by atoms with E-state index >= 15 is 0 Å². The van der Waals surface area contributed by atoms with Gasteiger partial charge in [0.05, 0.1) is 12.1 Å². The maximum Gasteiger partial charge on any atom is 0.182 e. The number of hydrogen-bond acceptors (Lipinski definition) is 2. The number of carbonyl (C=O) groups excluding carboxylic acids is 1. The van der Waals surface area contributed by atoms with Gasteiger partial charge in [0.2, 0.25) is 0 Å². The van der Waals surface area contributed by atoms with E-state index in [9.17, 15) is 13.6 Å². The average molecular weight is 281 g/mol. The molecule has 0 unspecified atom stereocenters. The van der Waals surface area contributed by atoms with Gasteiger partial charge in [0, 0.05) is 6.04 Å². The highest BCUT2D eigenvalue weighted by molar-refractivity contribution is 5.98. The van der Waals surface area contributed by atoms with Crippen LogP contribution in [-0.4, -0.2) is 30.3 Å². The van der Waals surface area contributed by atoms with E-state index in [4.69, 9.17) is 0 Å². The number of ketones is 1. The van der Waals surface area contributed by atoms with Gasteiger partial charge in [-0.05, 0) is 32.0 Å². The molecule has 0 N–H and O–H groups in total. The van der Waals surface area contributed by atoms with Gasteiger partial charge in [-0.1, -0.05) is 31.7 Å². The summed E-state index contributed by atoms with van der Waals surface area (Å²) in [5.74, 6) is -2.03. The number of nitrogens with zero attached hydrogens (tertiary/aromatic N) is 1. The van der Waals surface area contributed by atoms with E-state index in [0.717, 1.165) is 37.8 Å². The van der Waals surface area contributed by atoms with E-state index < -0.39 is 23.0 Å². The quantitative estimate of drug-likeness (QED) is 0.618. The number of hydrogen-bond donors (Lipinski definition) is 0. The summed E-state index contributed by atoms with van der Waals surface area (Å²) in [6, 6.07) is 3.87. The fourth-order valence-corrected chi connectivity index (χ4v) is 2.90. The average Bonchev–Trinajstić information content (AvgIpc) is 2.67. The van der Waals surface area contributed by atoms with Crippen molar-refractivity contribution in [2.75, 3.05) is 13.6 Å². The monoisotopic (exact) mass is 281 g/mol. The zero-order chi connectivity index (χ0) is 14.5. The number of likely N-dealkylation sites (N-methyl/N-ethyl adjacent to an activating group) is 1. The Morgan fingerprint density at radius 1 is 1.15 bits per heavy atom. The fraction of sp³-hybridized carbons (Fsp3) is 0.562. The van der Waals surface area contributed by atoms with Gasteiger partial charge in [-0.3, -0.25) is 9.69 Å². The lowest BCUT2D eigenvalue weighted by Crippen LogP contribution is -2.36. The van der Waals surface area contributed by atoms with Gasteiger partial charge >= 0.3 is 0 Å². The number of rotatable bonds is 4. The van der Waals surface area contributed by atoms with Crippen LogP contribution in [0.5, 0.6) is 0 Å². The summed E-state index contributed by atoms with van der Waals surface area (Å²) in [6.07, 6.45) is 6.92. The van der Waals surface area contributed by atoms with Gasteiger partial charge in [-0.25, -0.2) is 8.78 Å². The molecule has 1 aromatic carbocycles. The summed E-state index contributed by atoms with van der Waals surface area (Å²) in [5.41, 5.74) is -0.409. The number of benzene rings is 1. The van der Waals surface area contributed by atoms with E-state index in [1.165, 1.54) is 18.9 Å². The molecule has 0 aliphatic heterocycles. The molecule has 1 saturated carbocycles. The predicted octanol–water partition coefficient (Wildman–Crippen LogP) is 3.80. The summed E-state index contributed by atoms with van der Waals surface area (Å²) in [4.78, 5) is 14.0. The maximum absolute atomic E-state index is 13.6. The fourth-order valence-electron chi connectivity index (χ4n) is 2.90. The molecular formula is C16H21F2NO. The molecular weight excluding hydrogens is 260 g/mol. The van der Waals surface area contributed by atoms with Crippen molar-refractivity contribution in [2.45, 2.75) is 44.6 Å². The Balaban J connectivity index is 2.03. The molecule has 110 valence electrons. The molecule has 0 aromatic heterocycles. The molecule has 0 spiro atoms. The highest BCUT2D eigenvalue weighted by Crippen LogP contribution is 2.21. The van der Waals surface area contributed by atoms with E-state index in [1.807, 2.05) is 11.9 Å². The second kappa shape index (κ2) is 6.93. The molecule has 0 amide bonds. The van der Waals surface area contributed by atoms with Crippen LogP contribution in [0.2, 0.25) is 0 Å². The van der Waals surface area contributed by atoms with E-state index in [0.29, 0.717) is 6.04 Å². The van der Waals surface area contributed by atoms with Gasteiger partial charge in [0.25, 0.3) is 0 Å². The lowest BCUT2D eigenvalue weighted by Gasteiger charge is -2.26. The van der Waals surface area contributed by atoms with Crippen molar-refractivity contribution in [1.29, 1.82) is 0 Å². The molecule has 1 aliphatic carbocycles. The van der Waals surface area contributed by atoms with Crippen LogP contribution < -0.4 is 0 Å². The van der Waals surface area contributed by atoms with Gasteiger partial charge < -0.3 is 0 Å². The Labute approximate surface area is 118 Å². The second-order valence-corrected chi connectivity index (χ2v) is 5.58. The molecule has 0 bridgehead atoms. The third-order valence-corrected chi connectivity index (χ3v) is 4.08. The summed E-state index contributed by atoms with van der Waals surface area (Å²) < 4.78 is 27.2. The Kier molecular flexibility index (Phi) is 5.24. The first-order chi connectivity index (χ1) is 9.59. The third-order valence-electron chi connectivity index (χ3n) is 4.08. The minimum atomic E-state index is -0.774. The molecule has 2 nitrogen and oxygen atoms in total. The van der Waals surface area contributed by atoms with Gasteiger partial charge in [0.15, 0.2) is 5.78 Å². The van der Waals surface area contributed by atoms with Crippen LogP contribution in [-0.2, 0) is 0 Å². The summed E-state index contributed by atoms with van der Waals surface area (Å²) in [7, 11) is 1.87. The molecule has 1 aromatic rings. The van der Waals surface area contributed by atoms with E-state index in [1.54, 1.807) is 0 Å². The van der Waals surface area contributed by atoms with Gasteiger partial charge in [-0.15, -0.1) is 0 Å². The molecule has 0 atom stereocenters. The van der Waals surface area contributed by atoms with Crippen LogP contribution in [0.3, 0.4) is 0 Å². The topological polar surface area (TPSA) is 20.3 Å². The van der Waals surface area contributed by atoms with Gasteiger partial charge in [0.1, 0.15) is 11.6 Å². The standard InChI is InChI=1S/C16H21F2NO/c1-19(12-7-4-2-3-5-8-12)11-15(20)16-13(17)9-6-10-14(16)18/h6,9-10,12H,2-5,7-8,11H2,1H3. The van der Waals surface area contributed by atoms with Crippen LogP contribution in [0.4, 0.5) is 8.78 Å². The van der Waals surface area contributed by atoms with Crippen molar-refractivity contribution in [1.82, 2.24) is 4.90 Å². The highest BCUT2D eigenvalue weighted by atomic mass is 19.1. The zero-order valence-corrected chi connectivity index (χ0v) is 11.9. The molecule has 2 rings (SSSR count). The number of Topliss-reactive ketones (excluding diaryl/α,β-unsaturated/α-hetero) is 1. The molecule has 1 aliphatic rings. The van der Waals surface area contributed by atoms with E-state index in [-0.39, 0.29) is 6.54 Å². The van der Waals surface area contributed by atoms with Crippen LogP contribution in [0.15, 0.2) is 18.2 Å². The normalized spacial score (nSPS) is 17.2. The summed E-state index contributed by atoms with van der Waals surface area (Å²) >= 11 is 0. The number of halogens is 2. The Morgan fingerprint density at radius 2 is 1.70 bits per heavy atom. The molecule has 1 fully saturated rings. The van der Waals surface area contributed by atoms with Crippen molar-refractivity contribution in [3.8, 4) is 0 Å². The Hall–Kier alpha value is -1.29. The second-order valence-electron chi connectivity index (χ2n) is 5.58. The largest absolute Gasteiger partial charge is 0.296 e. The van der Waals surface area contributed by atoms with Crippen molar-refractivity contribution in [3.05, 3.63) is 35.4 Å². The third kappa shape index (κ3) is 3.63. The summed E-state index contributed by atoms with van der Waals surface area (Å²) in [5, 5.41) is 0. The zero-order valence-electron chi connectivity index (χ0n) is 11.9. The highest BCUT2D eigenvalue weighted by Gasteiger charge is 2.22. The van der Waals surface area contributed by atoms with Crippen LogP contribution >= 0.6 is 0 Å². The van der Waals surface area contributed by atoms with Crippen molar-refractivity contribution in [3.63, 3.8) is 0 Å². The molecule has 0 radical (unpaired) electrons. The minimum absolute atomic E-state index is 0.0719. The predicted molar refractivity (Wildman–Crippen MR) is 74.8 cm³/mol.